The van der Waals surface area contributed by atoms with Crippen molar-refractivity contribution < 1.29 is 4.74 Å². The zero-order chi connectivity index (χ0) is 7.40. The van der Waals surface area contributed by atoms with E-state index >= 15 is 0 Å². The van der Waals surface area contributed by atoms with Gasteiger partial charge in [-0.25, -0.2) is 4.74 Å². The van der Waals surface area contributed by atoms with Gasteiger partial charge in [0.1, 0.15) is 12.7 Å². The van der Waals surface area contributed by atoms with E-state index in [2.05, 4.69) is 4.98 Å². The summed E-state index contributed by atoms with van der Waals surface area (Å²) in [5, 5.41) is 10.4. The Labute approximate surface area is 59.2 Å². The first-order chi connectivity index (χ1) is 4.79. The summed E-state index contributed by atoms with van der Waals surface area (Å²) in [7, 11) is 1.43. The fourth-order valence-electron chi connectivity index (χ4n) is 0.639. The van der Waals surface area contributed by atoms with Crippen molar-refractivity contribution in [2.24, 2.45) is 0 Å². The second-order valence-electron chi connectivity index (χ2n) is 1.93. The van der Waals surface area contributed by atoms with E-state index in [0.29, 0.717) is 5.69 Å². The third-order valence-corrected chi connectivity index (χ3v) is 1.00. The number of hydroxylamine groups is 1. The summed E-state index contributed by atoms with van der Waals surface area (Å²) in [5.74, 6) is 0. The first kappa shape index (κ1) is 6.74. The first-order valence-corrected chi connectivity index (χ1v) is 2.95. The van der Waals surface area contributed by atoms with Gasteiger partial charge in [-0.3, -0.25) is 4.98 Å². The molecule has 0 aromatic carbocycles. The average Bonchev–Trinajstić information content (AvgIpc) is 1.88. The molecule has 1 aromatic heterocycles. The Bertz CT molecular complexity index is 227. The van der Waals surface area contributed by atoms with Gasteiger partial charge in [0.2, 0.25) is 0 Å². The lowest BCUT2D eigenvalue weighted by atomic mass is 10.4. The molecule has 0 aliphatic heterocycles. The normalized spacial score (nSPS) is 11.5. The highest BCUT2D eigenvalue weighted by atomic mass is 16.5. The third kappa shape index (κ3) is 1.85. The van der Waals surface area contributed by atoms with Crippen molar-refractivity contribution in [1.82, 2.24) is 4.98 Å². The molecule has 0 saturated heterocycles. The van der Waals surface area contributed by atoms with Crippen LogP contribution in [0.4, 0.5) is 0 Å². The zero-order valence-corrected chi connectivity index (χ0v) is 5.69. The van der Waals surface area contributed by atoms with Crippen LogP contribution >= 0.6 is 0 Å². The minimum Gasteiger partial charge on any atom is -0.624 e. The van der Waals surface area contributed by atoms with Crippen LogP contribution in [0.25, 0.3) is 0 Å². The Morgan fingerprint density at radius 3 is 2.90 bits per heavy atom. The molecule has 3 nitrogen and oxygen atoms in total. The van der Waals surface area contributed by atoms with Crippen molar-refractivity contribution in [3.05, 3.63) is 35.3 Å². The predicted octanol–water partition coefficient (Wildman–Crippen LogP) is 0.641. The molecule has 0 atom stereocenters. The number of rotatable bonds is 1. The fourth-order valence-corrected chi connectivity index (χ4v) is 0.639. The molecule has 3 heteroatoms. The highest BCUT2D eigenvalue weighted by Gasteiger charge is 1.88. The number of hydrogen-bond donors (Lipinski definition) is 0. The van der Waals surface area contributed by atoms with Crippen molar-refractivity contribution in [1.29, 1.82) is 0 Å². The predicted molar refractivity (Wildman–Crippen MR) is 39.0 cm³/mol. The van der Waals surface area contributed by atoms with E-state index in [4.69, 9.17) is 0 Å². The number of pyridine rings is 1. The molecule has 0 N–H and O–H groups in total. The summed E-state index contributed by atoms with van der Waals surface area (Å²) in [6.45, 7) is 0. The summed E-state index contributed by atoms with van der Waals surface area (Å²) in [4.78, 5) is 3.92. The summed E-state index contributed by atoms with van der Waals surface area (Å²) >= 11 is 0. The summed E-state index contributed by atoms with van der Waals surface area (Å²) in [5.41, 5.74) is 0.681. The Hall–Kier alpha value is -1.38. The molecule has 0 aliphatic rings. The molecule has 0 unspecified atom stereocenters. The molecule has 1 rings (SSSR count). The van der Waals surface area contributed by atoms with E-state index in [1.54, 1.807) is 12.3 Å². The largest absolute Gasteiger partial charge is 0.624 e. The van der Waals surface area contributed by atoms with E-state index in [0.717, 1.165) is 4.74 Å². The lowest BCUT2D eigenvalue weighted by molar-refractivity contribution is -0.416. The molecule has 1 aromatic rings. The molecule has 0 radical (unpaired) electrons. The van der Waals surface area contributed by atoms with E-state index in [-0.39, 0.29) is 0 Å². The number of aromatic nitrogens is 1. The van der Waals surface area contributed by atoms with Crippen LogP contribution in [0.15, 0.2) is 24.4 Å². The maximum atomic E-state index is 10.4. The topological polar surface area (TPSA) is 39.0 Å². The lowest BCUT2D eigenvalue weighted by Gasteiger charge is -1.92. The standard InChI is InChI=1S/C7H8N2O/c1-9(10)6-7-4-2-3-5-8-7/h2-6H,1H3/b9-6+. The second kappa shape index (κ2) is 2.96. The molecule has 1 heterocycles. The van der Waals surface area contributed by atoms with Gasteiger partial charge in [-0.1, -0.05) is 6.07 Å². The molecule has 0 aliphatic carbocycles. The van der Waals surface area contributed by atoms with Gasteiger partial charge in [-0.05, 0) is 12.1 Å². The van der Waals surface area contributed by atoms with Gasteiger partial charge in [0.15, 0.2) is 6.21 Å². The van der Waals surface area contributed by atoms with Crippen LogP contribution in [0.3, 0.4) is 0 Å². The molecule has 0 saturated carbocycles. The highest BCUT2D eigenvalue weighted by Crippen LogP contribution is 1.86. The van der Waals surface area contributed by atoms with Crippen molar-refractivity contribution in [3.8, 4) is 0 Å². The van der Waals surface area contributed by atoms with Crippen molar-refractivity contribution in [2.75, 3.05) is 7.05 Å². The number of hydrogen-bond acceptors (Lipinski definition) is 2. The lowest BCUT2D eigenvalue weighted by Crippen LogP contribution is -1.98. The molecule has 0 spiro atoms. The molecule has 0 fully saturated rings. The van der Waals surface area contributed by atoms with Gasteiger partial charge in [0.05, 0.1) is 0 Å². The third-order valence-electron chi connectivity index (χ3n) is 1.00. The van der Waals surface area contributed by atoms with Crippen LogP contribution in [0.5, 0.6) is 0 Å². The zero-order valence-electron chi connectivity index (χ0n) is 5.69. The Balaban J connectivity index is 2.87. The molecular weight excluding hydrogens is 128 g/mol. The molecular formula is C7H8N2O. The first-order valence-electron chi connectivity index (χ1n) is 2.95. The van der Waals surface area contributed by atoms with E-state index in [9.17, 15) is 5.21 Å². The van der Waals surface area contributed by atoms with E-state index in [1.165, 1.54) is 13.3 Å². The Kier molecular flexibility index (Phi) is 1.99. The van der Waals surface area contributed by atoms with Gasteiger partial charge in [0.25, 0.3) is 0 Å². The monoisotopic (exact) mass is 136 g/mol. The summed E-state index contributed by atoms with van der Waals surface area (Å²) < 4.78 is 0.725. The van der Waals surface area contributed by atoms with Gasteiger partial charge in [-0.2, -0.15) is 0 Å². The molecule has 52 valence electrons. The maximum absolute atomic E-state index is 10.4. The molecule has 0 bridgehead atoms. The van der Waals surface area contributed by atoms with Gasteiger partial charge in [0, 0.05) is 6.20 Å². The van der Waals surface area contributed by atoms with Crippen molar-refractivity contribution >= 4 is 6.21 Å². The minimum absolute atomic E-state index is 0.681. The van der Waals surface area contributed by atoms with Crippen LogP contribution in [0, 0.1) is 5.21 Å². The highest BCUT2D eigenvalue weighted by molar-refractivity contribution is 5.72. The Morgan fingerprint density at radius 2 is 2.40 bits per heavy atom. The summed E-state index contributed by atoms with van der Waals surface area (Å²) in [6, 6.07) is 5.42. The number of nitrogens with zero attached hydrogens (tertiary/aromatic N) is 2. The van der Waals surface area contributed by atoms with Crippen LogP contribution in [0.2, 0.25) is 0 Å². The van der Waals surface area contributed by atoms with Crippen LogP contribution in [-0.2, 0) is 0 Å². The minimum atomic E-state index is 0.681. The average molecular weight is 136 g/mol. The summed E-state index contributed by atoms with van der Waals surface area (Å²) in [6.07, 6.45) is 3.06. The molecule has 0 amide bonds. The van der Waals surface area contributed by atoms with E-state index in [1.807, 2.05) is 12.1 Å². The van der Waals surface area contributed by atoms with Crippen LogP contribution in [0.1, 0.15) is 5.69 Å². The van der Waals surface area contributed by atoms with Crippen molar-refractivity contribution in [3.63, 3.8) is 0 Å². The second-order valence-corrected chi connectivity index (χ2v) is 1.93. The van der Waals surface area contributed by atoms with Gasteiger partial charge in [-0.15, -0.1) is 0 Å². The SMILES string of the molecule is C/[N+]([O-])=C\c1ccccn1. The van der Waals surface area contributed by atoms with Crippen molar-refractivity contribution in [2.45, 2.75) is 0 Å². The van der Waals surface area contributed by atoms with E-state index < -0.39 is 0 Å². The maximum Gasteiger partial charge on any atom is 0.200 e. The van der Waals surface area contributed by atoms with Crippen LogP contribution in [-0.4, -0.2) is 23.0 Å². The Morgan fingerprint density at radius 1 is 1.60 bits per heavy atom. The quantitative estimate of drug-likeness (QED) is 0.246. The fraction of sp³-hybridized carbons (Fsp3) is 0.143. The van der Waals surface area contributed by atoms with Gasteiger partial charge < -0.3 is 5.21 Å². The molecule has 10 heavy (non-hydrogen) atoms. The van der Waals surface area contributed by atoms with Gasteiger partial charge >= 0.3 is 0 Å². The van der Waals surface area contributed by atoms with Crippen LogP contribution < -0.4 is 0 Å². The smallest absolute Gasteiger partial charge is 0.200 e.